The predicted octanol–water partition coefficient (Wildman–Crippen LogP) is 4.20. The Morgan fingerprint density at radius 2 is 1.54 bits per heavy atom. The molecule has 0 atom stereocenters. The minimum atomic E-state index is -4.44. The molecular formula is C18H18F5NO2. The zero-order valence-corrected chi connectivity index (χ0v) is 13.9. The molecule has 142 valence electrons. The van der Waals surface area contributed by atoms with Crippen LogP contribution in [0, 0.1) is 5.41 Å². The lowest BCUT2D eigenvalue weighted by molar-refractivity contribution is -0.155. The van der Waals surface area contributed by atoms with Crippen molar-refractivity contribution in [3.05, 3.63) is 35.4 Å². The van der Waals surface area contributed by atoms with Gasteiger partial charge >= 0.3 is 6.18 Å². The molecule has 1 aliphatic heterocycles. The molecule has 1 saturated carbocycles. The zero-order valence-electron chi connectivity index (χ0n) is 13.9. The van der Waals surface area contributed by atoms with E-state index in [1.165, 1.54) is 17.0 Å². The Labute approximate surface area is 147 Å². The average Bonchev–Trinajstić information content (AvgIpc) is 2.55. The standard InChI is InChI=1S/C18H18F5NO2/c19-17(20)7-5-16(6-8-17)11-24(15(26)9-14(16)25)10-12-1-3-13(4-2-12)18(21,22)23/h1-4H,5-11H2. The summed E-state index contributed by atoms with van der Waals surface area (Å²) in [6, 6.07) is 4.44. The first-order valence-corrected chi connectivity index (χ1v) is 8.36. The molecule has 0 N–H and O–H groups in total. The fourth-order valence-corrected chi connectivity index (χ4v) is 3.67. The number of hydrogen-bond donors (Lipinski definition) is 0. The van der Waals surface area contributed by atoms with E-state index in [1.807, 2.05) is 0 Å². The Morgan fingerprint density at radius 3 is 2.08 bits per heavy atom. The summed E-state index contributed by atoms with van der Waals surface area (Å²) < 4.78 is 64.7. The molecule has 1 amide bonds. The number of likely N-dealkylation sites (tertiary alicyclic amines) is 1. The summed E-state index contributed by atoms with van der Waals surface area (Å²) in [5.41, 5.74) is -1.24. The summed E-state index contributed by atoms with van der Waals surface area (Å²) in [5, 5.41) is 0. The topological polar surface area (TPSA) is 37.4 Å². The highest BCUT2D eigenvalue weighted by Crippen LogP contribution is 2.47. The number of piperidine rings is 1. The minimum absolute atomic E-state index is 0.0234. The van der Waals surface area contributed by atoms with Gasteiger partial charge in [-0.05, 0) is 30.5 Å². The third-order valence-corrected chi connectivity index (χ3v) is 5.34. The molecule has 1 spiro atoms. The van der Waals surface area contributed by atoms with Crippen molar-refractivity contribution in [2.24, 2.45) is 5.41 Å². The molecule has 2 aliphatic rings. The Balaban J connectivity index is 1.73. The van der Waals surface area contributed by atoms with E-state index >= 15 is 0 Å². The smallest absolute Gasteiger partial charge is 0.337 e. The Kier molecular flexibility index (Phi) is 4.56. The summed E-state index contributed by atoms with van der Waals surface area (Å²) >= 11 is 0. The number of ketones is 1. The summed E-state index contributed by atoms with van der Waals surface area (Å²) in [6.07, 6.45) is -5.51. The highest BCUT2D eigenvalue weighted by molar-refractivity contribution is 6.03. The van der Waals surface area contributed by atoms with Crippen LogP contribution in [-0.4, -0.2) is 29.1 Å². The monoisotopic (exact) mass is 375 g/mol. The maximum atomic E-state index is 13.4. The number of halogens is 5. The van der Waals surface area contributed by atoms with Crippen LogP contribution in [0.1, 0.15) is 43.2 Å². The molecule has 3 rings (SSSR count). The highest BCUT2D eigenvalue weighted by Gasteiger charge is 2.51. The zero-order chi connectivity index (χ0) is 19.2. The molecule has 0 aromatic heterocycles. The first-order chi connectivity index (χ1) is 12.0. The van der Waals surface area contributed by atoms with Crippen molar-refractivity contribution in [2.75, 3.05) is 6.54 Å². The molecular weight excluding hydrogens is 357 g/mol. The van der Waals surface area contributed by atoms with Gasteiger partial charge in [-0.15, -0.1) is 0 Å². The fourth-order valence-electron chi connectivity index (χ4n) is 3.67. The van der Waals surface area contributed by atoms with Crippen LogP contribution in [0.5, 0.6) is 0 Å². The molecule has 1 aromatic rings. The van der Waals surface area contributed by atoms with Gasteiger partial charge in [0, 0.05) is 31.3 Å². The fraction of sp³-hybridized carbons (Fsp3) is 0.556. The molecule has 3 nitrogen and oxygen atoms in total. The van der Waals surface area contributed by atoms with Crippen molar-refractivity contribution in [1.82, 2.24) is 4.90 Å². The third kappa shape index (κ3) is 3.73. The lowest BCUT2D eigenvalue weighted by Crippen LogP contribution is -2.54. The number of Topliss-reactive ketones (excluding diaryl/α,β-unsaturated/α-hetero) is 1. The van der Waals surface area contributed by atoms with E-state index in [2.05, 4.69) is 0 Å². The van der Waals surface area contributed by atoms with E-state index in [0.717, 1.165) is 12.1 Å². The quantitative estimate of drug-likeness (QED) is 0.574. The third-order valence-electron chi connectivity index (χ3n) is 5.34. The number of amides is 1. The van der Waals surface area contributed by atoms with Crippen LogP contribution in [0.4, 0.5) is 22.0 Å². The van der Waals surface area contributed by atoms with Gasteiger partial charge in [-0.25, -0.2) is 8.78 Å². The van der Waals surface area contributed by atoms with Crippen LogP contribution in [-0.2, 0) is 22.3 Å². The Morgan fingerprint density at radius 1 is 0.962 bits per heavy atom. The maximum Gasteiger partial charge on any atom is 0.416 e. The van der Waals surface area contributed by atoms with Gasteiger partial charge in [0.05, 0.1) is 12.0 Å². The van der Waals surface area contributed by atoms with Gasteiger partial charge in [0.15, 0.2) is 0 Å². The van der Waals surface area contributed by atoms with Crippen molar-refractivity contribution in [3.8, 4) is 0 Å². The van der Waals surface area contributed by atoms with Gasteiger partial charge in [0.25, 0.3) is 0 Å². The second-order valence-electron chi connectivity index (χ2n) is 7.18. The molecule has 26 heavy (non-hydrogen) atoms. The summed E-state index contributed by atoms with van der Waals surface area (Å²) in [7, 11) is 0. The number of carbonyl (C=O) groups excluding carboxylic acids is 2. The van der Waals surface area contributed by atoms with Gasteiger partial charge < -0.3 is 4.90 Å². The molecule has 0 unspecified atom stereocenters. The van der Waals surface area contributed by atoms with Crippen molar-refractivity contribution >= 4 is 11.7 Å². The molecule has 2 fully saturated rings. The lowest BCUT2D eigenvalue weighted by atomic mass is 9.67. The van der Waals surface area contributed by atoms with Crippen LogP contribution < -0.4 is 0 Å². The van der Waals surface area contributed by atoms with E-state index in [-0.39, 0.29) is 51.0 Å². The number of nitrogens with zero attached hydrogens (tertiary/aromatic N) is 1. The van der Waals surface area contributed by atoms with E-state index in [1.54, 1.807) is 0 Å². The molecule has 0 radical (unpaired) electrons. The van der Waals surface area contributed by atoms with E-state index in [4.69, 9.17) is 0 Å². The van der Waals surface area contributed by atoms with Crippen molar-refractivity contribution in [2.45, 2.75) is 50.7 Å². The van der Waals surface area contributed by atoms with Crippen LogP contribution in [0.25, 0.3) is 0 Å². The number of benzene rings is 1. The molecule has 1 heterocycles. The second-order valence-corrected chi connectivity index (χ2v) is 7.18. The Bertz CT molecular complexity index is 701. The van der Waals surface area contributed by atoms with Gasteiger partial charge in [0.2, 0.25) is 11.8 Å². The molecule has 8 heteroatoms. The number of hydrogen-bond acceptors (Lipinski definition) is 2. The molecule has 1 aliphatic carbocycles. The largest absolute Gasteiger partial charge is 0.416 e. The average molecular weight is 375 g/mol. The SMILES string of the molecule is O=C1CC(=O)C2(CCC(F)(F)CC2)CN1Cc1ccc(C(F)(F)F)cc1. The number of rotatable bonds is 2. The lowest BCUT2D eigenvalue weighted by Gasteiger charge is -2.45. The van der Waals surface area contributed by atoms with Crippen LogP contribution in [0.2, 0.25) is 0 Å². The highest BCUT2D eigenvalue weighted by atomic mass is 19.4. The number of carbonyl (C=O) groups is 2. The van der Waals surface area contributed by atoms with Crippen LogP contribution in [0.3, 0.4) is 0 Å². The first-order valence-electron chi connectivity index (χ1n) is 8.36. The molecule has 1 saturated heterocycles. The summed E-state index contributed by atoms with van der Waals surface area (Å²) in [4.78, 5) is 25.9. The summed E-state index contributed by atoms with van der Waals surface area (Å²) in [5.74, 6) is -3.51. The van der Waals surface area contributed by atoms with Gasteiger partial charge in [-0.3, -0.25) is 9.59 Å². The normalized spacial score (nSPS) is 22.7. The van der Waals surface area contributed by atoms with Gasteiger partial charge in [-0.1, -0.05) is 12.1 Å². The van der Waals surface area contributed by atoms with Crippen molar-refractivity contribution < 1.29 is 31.5 Å². The summed E-state index contributed by atoms with van der Waals surface area (Å²) in [6.45, 7) is 0.101. The molecule has 1 aromatic carbocycles. The maximum absolute atomic E-state index is 13.4. The van der Waals surface area contributed by atoms with E-state index < -0.39 is 29.0 Å². The van der Waals surface area contributed by atoms with E-state index in [0.29, 0.717) is 5.56 Å². The molecule has 0 bridgehead atoms. The second kappa shape index (κ2) is 6.32. The van der Waals surface area contributed by atoms with Crippen molar-refractivity contribution in [1.29, 1.82) is 0 Å². The Hall–Kier alpha value is -1.99. The van der Waals surface area contributed by atoms with E-state index in [9.17, 15) is 31.5 Å². The minimum Gasteiger partial charge on any atom is -0.337 e. The first kappa shape index (κ1) is 18.8. The number of alkyl halides is 5. The van der Waals surface area contributed by atoms with Gasteiger partial charge in [-0.2, -0.15) is 13.2 Å². The van der Waals surface area contributed by atoms with Crippen molar-refractivity contribution in [3.63, 3.8) is 0 Å². The predicted molar refractivity (Wildman–Crippen MR) is 82.3 cm³/mol. The van der Waals surface area contributed by atoms with Crippen LogP contribution >= 0.6 is 0 Å². The van der Waals surface area contributed by atoms with Gasteiger partial charge in [0.1, 0.15) is 5.78 Å². The van der Waals surface area contributed by atoms with Crippen LogP contribution in [0.15, 0.2) is 24.3 Å².